The molecule has 152 valence electrons. The molecular weight excluding hydrogens is 431 g/mol. The van der Waals surface area contributed by atoms with Crippen molar-refractivity contribution in [1.82, 2.24) is 4.98 Å². The van der Waals surface area contributed by atoms with Gasteiger partial charge in [0, 0.05) is 44.3 Å². The number of nitrogens with one attached hydrogen (secondary N) is 2. The summed E-state index contributed by atoms with van der Waals surface area (Å²) in [6.45, 7) is 0. The van der Waals surface area contributed by atoms with Crippen LogP contribution in [0.3, 0.4) is 0 Å². The largest absolute Gasteiger partial charge is 0.465 e. The van der Waals surface area contributed by atoms with E-state index in [4.69, 9.17) is 27.9 Å². The summed E-state index contributed by atoms with van der Waals surface area (Å²) < 4.78 is 4.84. The fourth-order valence-electron chi connectivity index (χ4n) is 3.95. The van der Waals surface area contributed by atoms with Crippen molar-refractivity contribution < 1.29 is 14.5 Å². The topological polar surface area (TPSA) is 56.1 Å². The second-order valence-corrected chi connectivity index (χ2v) is 8.10. The van der Waals surface area contributed by atoms with E-state index in [1.807, 2.05) is 60.9 Å². The lowest BCUT2D eigenvalue weighted by molar-refractivity contribution is -0.342. The van der Waals surface area contributed by atoms with Gasteiger partial charge in [0.2, 0.25) is 5.69 Å². The highest BCUT2D eigenvalue weighted by molar-refractivity contribution is 6.32. The molecule has 2 N–H and O–H groups in total. The maximum Gasteiger partial charge on any atom is 0.337 e. The van der Waals surface area contributed by atoms with Crippen molar-refractivity contribution >= 4 is 63.1 Å². The molecule has 0 atom stereocenters. The molecule has 0 aliphatic carbocycles. The predicted molar refractivity (Wildman–Crippen MR) is 125 cm³/mol. The molecule has 0 fully saturated rings. The third-order valence-electron chi connectivity index (χ3n) is 5.42. The Morgan fingerprint density at radius 2 is 1.65 bits per heavy atom. The monoisotopic (exact) mass is 447 g/mol. The summed E-state index contributed by atoms with van der Waals surface area (Å²) in [5, 5.41) is 2.34. The van der Waals surface area contributed by atoms with Crippen molar-refractivity contribution in [3.05, 3.63) is 99.2 Å². The molecule has 2 heterocycles. The van der Waals surface area contributed by atoms with Crippen molar-refractivity contribution in [1.29, 1.82) is 0 Å². The van der Waals surface area contributed by atoms with Crippen LogP contribution in [0.5, 0.6) is 0 Å². The smallest absolute Gasteiger partial charge is 0.337 e. The number of ether oxygens (including phenoxy) is 1. The Kier molecular flexibility index (Phi) is 4.89. The fraction of sp³-hybridized carbons (Fsp3) is 0.0400. The van der Waals surface area contributed by atoms with Crippen LogP contribution in [0.25, 0.3) is 22.0 Å². The zero-order chi connectivity index (χ0) is 21.5. The van der Waals surface area contributed by atoms with Crippen molar-refractivity contribution in [2.45, 2.75) is 0 Å². The first-order valence-corrected chi connectivity index (χ1v) is 10.4. The van der Waals surface area contributed by atoms with Gasteiger partial charge in [0.1, 0.15) is 0 Å². The van der Waals surface area contributed by atoms with Gasteiger partial charge in [0.15, 0.2) is 6.21 Å². The molecule has 6 heteroatoms. The predicted octanol–water partition coefficient (Wildman–Crippen LogP) is 5.02. The minimum Gasteiger partial charge on any atom is -0.465 e. The number of benzene rings is 3. The van der Waals surface area contributed by atoms with Crippen LogP contribution in [0.1, 0.15) is 27.0 Å². The Bertz CT molecular complexity index is 1400. The molecule has 4 nitrogen and oxygen atoms in total. The maximum atomic E-state index is 11.9. The van der Waals surface area contributed by atoms with Gasteiger partial charge in [-0.1, -0.05) is 35.3 Å². The van der Waals surface area contributed by atoms with E-state index < -0.39 is 0 Å². The molecule has 5 rings (SSSR count). The number of halogens is 2. The SMILES string of the molecule is COC(=O)c1ccc(C(=C2C=[NH+]c3ccc(Cl)cc32)c2c[nH]c3ccc(Cl)cc23)cc1. The lowest BCUT2D eigenvalue weighted by atomic mass is 9.89. The number of carbonyl (C=O) groups is 1. The lowest BCUT2D eigenvalue weighted by Gasteiger charge is -2.11. The number of aromatic nitrogens is 1. The number of esters is 1. The Hall–Kier alpha value is -3.34. The molecule has 31 heavy (non-hydrogen) atoms. The van der Waals surface area contributed by atoms with Crippen LogP contribution in [0.4, 0.5) is 5.69 Å². The second-order valence-electron chi connectivity index (χ2n) is 7.23. The van der Waals surface area contributed by atoms with Crippen molar-refractivity contribution in [2.24, 2.45) is 0 Å². The minimum atomic E-state index is -0.370. The Balaban J connectivity index is 1.79. The number of hydrogen-bond donors (Lipinski definition) is 2. The van der Waals surface area contributed by atoms with Crippen LogP contribution in [0.2, 0.25) is 10.0 Å². The van der Waals surface area contributed by atoms with Gasteiger partial charge in [-0.15, -0.1) is 0 Å². The van der Waals surface area contributed by atoms with E-state index in [0.717, 1.165) is 44.4 Å². The first kappa shape index (κ1) is 19.6. The number of fused-ring (bicyclic) bond motifs is 2. The van der Waals surface area contributed by atoms with Crippen LogP contribution in [0.15, 0.2) is 66.9 Å². The summed E-state index contributed by atoms with van der Waals surface area (Å²) in [5.41, 5.74) is 7.44. The van der Waals surface area contributed by atoms with Crippen LogP contribution in [0, 0.1) is 0 Å². The number of hydrogen-bond acceptors (Lipinski definition) is 2. The molecule has 0 amide bonds. The molecular formula is C25H17Cl2N2O2+. The normalized spacial score (nSPS) is 14.0. The Morgan fingerprint density at radius 3 is 2.42 bits per heavy atom. The van der Waals surface area contributed by atoms with Gasteiger partial charge in [-0.3, -0.25) is 0 Å². The molecule has 3 aromatic carbocycles. The molecule has 0 saturated carbocycles. The molecule has 0 radical (unpaired) electrons. The third-order valence-corrected chi connectivity index (χ3v) is 5.89. The van der Waals surface area contributed by atoms with Gasteiger partial charge < -0.3 is 9.72 Å². The van der Waals surface area contributed by atoms with E-state index in [-0.39, 0.29) is 5.97 Å². The number of methoxy groups -OCH3 is 1. The van der Waals surface area contributed by atoms with Gasteiger partial charge in [-0.2, -0.15) is 0 Å². The number of aromatic amines is 1. The van der Waals surface area contributed by atoms with Crippen LogP contribution >= 0.6 is 23.2 Å². The first-order valence-electron chi connectivity index (χ1n) is 9.65. The molecule has 4 aromatic rings. The van der Waals surface area contributed by atoms with E-state index in [1.54, 1.807) is 12.1 Å². The average Bonchev–Trinajstić information content (AvgIpc) is 3.38. The standard InChI is InChI=1S/C25H16Cl2N2O2/c1-31-25(30)15-4-2-14(3-5-15)24(20-12-28-22-8-6-16(26)10-18(20)22)21-13-29-23-9-7-17(27)11-19(21)23/h2-13,28H,1H3/p+1. The van der Waals surface area contributed by atoms with Gasteiger partial charge in [-0.25, -0.2) is 9.79 Å². The quantitative estimate of drug-likeness (QED) is 0.433. The van der Waals surface area contributed by atoms with Gasteiger partial charge in [0.05, 0.1) is 23.8 Å². The van der Waals surface area contributed by atoms with Crippen molar-refractivity contribution in [3.8, 4) is 0 Å². The van der Waals surface area contributed by atoms with Crippen LogP contribution in [-0.2, 0) is 4.74 Å². The molecule has 0 bridgehead atoms. The molecule has 0 spiro atoms. The zero-order valence-electron chi connectivity index (χ0n) is 16.5. The van der Waals surface area contributed by atoms with E-state index in [9.17, 15) is 4.79 Å². The maximum absolute atomic E-state index is 11.9. The van der Waals surface area contributed by atoms with E-state index in [2.05, 4.69) is 9.98 Å². The average molecular weight is 448 g/mol. The molecule has 1 aromatic heterocycles. The molecule has 1 aliphatic heterocycles. The highest BCUT2D eigenvalue weighted by atomic mass is 35.5. The van der Waals surface area contributed by atoms with Crippen molar-refractivity contribution in [3.63, 3.8) is 0 Å². The summed E-state index contributed by atoms with van der Waals surface area (Å²) in [6.07, 6.45) is 3.96. The van der Waals surface area contributed by atoms with E-state index in [0.29, 0.717) is 15.6 Å². The number of rotatable bonds is 3. The Labute approximate surface area is 188 Å². The number of carbonyl (C=O) groups excluding carboxylic acids is 1. The summed E-state index contributed by atoms with van der Waals surface area (Å²) in [5.74, 6) is -0.370. The molecule has 0 saturated heterocycles. The van der Waals surface area contributed by atoms with Gasteiger partial charge >= 0.3 is 5.97 Å². The van der Waals surface area contributed by atoms with Crippen LogP contribution < -0.4 is 4.99 Å². The molecule has 1 aliphatic rings. The summed E-state index contributed by atoms with van der Waals surface area (Å²) in [6, 6.07) is 18.9. The summed E-state index contributed by atoms with van der Waals surface area (Å²) >= 11 is 12.6. The number of allylic oxidation sites excluding steroid dienone is 1. The van der Waals surface area contributed by atoms with E-state index >= 15 is 0 Å². The van der Waals surface area contributed by atoms with Gasteiger partial charge in [-0.05, 0) is 48.0 Å². The minimum absolute atomic E-state index is 0.370. The van der Waals surface area contributed by atoms with Crippen LogP contribution in [-0.4, -0.2) is 24.3 Å². The second kappa shape index (κ2) is 7.73. The highest BCUT2D eigenvalue weighted by Crippen LogP contribution is 2.39. The number of H-pyrrole nitrogens is 1. The van der Waals surface area contributed by atoms with E-state index in [1.165, 1.54) is 7.11 Å². The molecule has 0 unspecified atom stereocenters. The summed E-state index contributed by atoms with van der Waals surface area (Å²) in [4.78, 5) is 18.6. The Morgan fingerprint density at radius 1 is 0.935 bits per heavy atom. The lowest BCUT2D eigenvalue weighted by Crippen LogP contribution is -2.58. The third kappa shape index (κ3) is 3.44. The fourth-order valence-corrected chi connectivity index (χ4v) is 4.29. The van der Waals surface area contributed by atoms with Crippen molar-refractivity contribution in [2.75, 3.05) is 7.11 Å². The first-order chi connectivity index (χ1) is 15.0. The van der Waals surface area contributed by atoms with Gasteiger partial charge in [0.25, 0.3) is 0 Å². The highest BCUT2D eigenvalue weighted by Gasteiger charge is 2.25. The summed E-state index contributed by atoms with van der Waals surface area (Å²) in [7, 11) is 1.37. The zero-order valence-corrected chi connectivity index (χ0v) is 18.0.